The Labute approximate surface area is 151 Å². The summed E-state index contributed by atoms with van der Waals surface area (Å²) in [6.07, 6.45) is 4.65. The summed E-state index contributed by atoms with van der Waals surface area (Å²) in [7, 11) is 0. The predicted molar refractivity (Wildman–Crippen MR) is 96.0 cm³/mol. The van der Waals surface area contributed by atoms with Crippen LogP contribution in [0.2, 0.25) is 0 Å². The molecule has 1 aliphatic heterocycles. The van der Waals surface area contributed by atoms with Gasteiger partial charge in [0.25, 0.3) is 0 Å². The quantitative estimate of drug-likeness (QED) is 0.829. The van der Waals surface area contributed by atoms with Crippen molar-refractivity contribution >= 4 is 17.6 Å². The van der Waals surface area contributed by atoms with Crippen LogP contribution in [-0.4, -0.2) is 45.9 Å². The summed E-state index contributed by atoms with van der Waals surface area (Å²) < 4.78 is 5.54. The number of nitrogens with one attached hydrogen (secondary N) is 2. The van der Waals surface area contributed by atoms with E-state index in [1.54, 1.807) is 47.6 Å². The Hall–Kier alpha value is -3.16. The van der Waals surface area contributed by atoms with Crippen LogP contribution in [0.5, 0.6) is 11.8 Å². The van der Waals surface area contributed by atoms with E-state index < -0.39 is 0 Å². The molecule has 0 unspecified atom stereocenters. The highest BCUT2D eigenvalue weighted by Crippen LogP contribution is 2.21. The lowest BCUT2D eigenvalue weighted by Gasteiger charge is -2.21. The zero-order chi connectivity index (χ0) is 18.4. The fourth-order valence-corrected chi connectivity index (χ4v) is 2.75. The molecule has 8 heteroatoms. The van der Waals surface area contributed by atoms with Gasteiger partial charge in [-0.05, 0) is 31.5 Å². The van der Waals surface area contributed by atoms with Gasteiger partial charge in [-0.25, -0.2) is 14.8 Å². The number of benzene rings is 1. The Morgan fingerprint density at radius 1 is 1.31 bits per heavy atom. The topological polar surface area (TPSA) is 96.5 Å². The fraction of sp³-hybridized carbons (Fsp3) is 0.333. The van der Waals surface area contributed by atoms with Gasteiger partial charge >= 0.3 is 12.0 Å². The largest absolute Gasteiger partial charge is 0.424 e. The van der Waals surface area contributed by atoms with Crippen molar-refractivity contribution in [1.29, 1.82) is 0 Å². The van der Waals surface area contributed by atoms with Gasteiger partial charge in [0.05, 0.1) is 0 Å². The first-order valence-electron chi connectivity index (χ1n) is 8.50. The molecule has 0 bridgehead atoms. The molecule has 1 atom stereocenters. The second-order valence-corrected chi connectivity index (χ2v) is 6.10. The van der Waals surface area contributed by atoms with E-state index in [4.69, 9.17) is 4.74 Å². The Morgan fingerprint density at radius 2 is 2.12 bits per heavy atom. The van der Waals surface area contributed by atoms with E-state index in [9.17, 15) is 9.59 Å². The molecular formula is C18H21N5O3. The number of hydrogen-bond acceptors (Lipinski definition) is 5. The van der Waals surface area contributed by atoms with Gasteiger partial charge in [0.15, 0.2) is 0 Å². The number of urea groups is 1. The van der Waals surface area contributed by atoms with Crippen molar-refractivity contribution in [2.75, 3.05) is 18.4 Å². The zero-order valence-corrected chi connectivity index (χ0v) is 14.5. The van der Waals surface area contributed by atoms with E-state index in [2.05, 4.69) is 20.6 Å². The highest BCUT2D eigenvalue weighted by Gasteiger charge is 2.22. The first-order chi connectivity index (χ1) is 12.6. The molecule has 0 spiro atoms. The molecule has 0 saturated carbocycles. The normalized spacial score (nSPS) is 14.8. The van der Waals surface area contributed by atoms with Crippen LogP contribution in [0.3, 0.4) is 0 Å². The fourth-order valence-electron chi connectivity index (χ4n) is 2.75. The molecule has 0 radical (unpaired) electrons. The summed E-state index contributed by atoms with van der Waals surface area (Å²) in [6, 6.07) is 8.41. The van der Waals surface area contributed by atoms with Crippen molar-refractivity contribution in [2.24, 2.45) is 0 Å². The highest BCUT2D eigenvalue weighted by molar-refractivity contribution is 5.89. The molecule has 2 heterocycles. The predicted octanol–water partition coefficient (Wildman–Crippen LogP) is 2.40. The van der Waals surface area contributed by atoms with Gasteiger partial charge in [-0.2, -0.15) is 0 Å². The average molecular weight is 355 g/mol. The summed E-state index contributed by atoms with van der Waals surface area (Å²) in [5.41, 5.74) is 0.584. The molecule has 8 nitrogen and oxygen atoms in total. The summed E-state index contributed by atoms with van der Waals surface area (Å²) in [5.74, 6) is 0.664. The van der Waals surface area contributed by atoms with E-state index in [0.29, 0.717) is 24.4 Å². The van der Waals surface area contributed by atoms with Crippen molar-refractivity contribution < 1.29 is 14.3 Å². The monoisotopic (exact) mass is 355 g/mol. The molecule has 2 N–H and O–H groups in total. The number of anilines is 1. The van der Waals surface area contributed by atoms with Crippen molar-refractivity contribution in [3.05, 3.63) is 42.7 Å². The van der Waals surface area contributed by atoms with Gasteiger partial charge in [-0.1, -0.05) is 6.07 Å². The molecule has 1 aromatic heterocycles. The van der Waals surface area contributed by atoms with Gasteiger partial charge in [0.1, 0.15) is 5.75 Å². The molecule has 0 aliphatic carbocycles. The number of aromatic nitrogens is 2. The number of carbonyl (C=O) groups excluding carboxylic acids is 2. The molecule has 3 rings (SSSR count). The number of nitrogens with zero attached hydrogens (tertiary/aromatic N) is 3. The van der Waals surface area contributed by atoms with Crippen LogP contribution >= 0.6 is 0 Å². The molecule has 1 fully saturated rings. The van der Waals surface area contributed by atoms with Gasteiger partial charge in [-0.3, -0.25) is 4.79 Å². The molecule has 26 heavy (non-hydrogen) atoms. The summed E-state index contributed by atoms with van der Waals surface area (Å²) in [4.78, 5) is 33.6. The Morgan fingerprint density at radius 3 is 2.85 bits per heavy atom. The zero-order valence-electron chi connectivity index (χ0n) is 14.5. The Kier molecular flexibility index (Phi) is 5.62. The SMILES string of the molecule is C[C@H](CN1CCCC1=O)NC(=O)Nc1cccc(Oc2ncccn2)c1. The molecular weight excluding hydrogens is 334 g/mol. The minimum absolute atomic E-state index is 0.144. The van der Waals surface area contributed by atoms with Crippen molar-refractivity contribution in [3.8, 4) is 11.8 Å². The second kappa shape index (κ2) is 8.28. The van der Waals surface area contributed by atoms with Crippen LogP contribution in [0.4, 0.5) is 10.5 Å². The number of rotatable bonds is 6. The van der Waals surface area contributed by atoms with E-state index in [1.165, 1.54) is 0 Å². The van der Waals surface area contributed by atoms with Crippen molar-refractivity contribution in [1.82, 2.24) is 20.2 Å². The molecule has 3 amide bonds. The minimum Gasteiger partial charge on any atom is -0.424 e. The van der Waals surface area contributed by atoms with Gasteiger partial charge in [0.2, 0.25) is 5.91 Å². The maximum Gasteiger partial charge on any atom is 0.321 e. The number of likely N-dealkylation sites (tertiary alicyclic amines) is 1. The average Bonchev–Trinajstić information content (AvgIpc) is 3.00. The lowest BCUT2D eigenvalue weighted by Crippen LogP contribution is -2.44. The van der Waals surface area contributed by atoms with Crippen LogP contribution in [0, 0.1) is 0 Å². The van der Waals surface area contributed by atoms with Crippen molar-refractivity contribution in [2.45, 2.75) is 25.8 Å². The highest BCUT2D eigenvalue weighted by atomic mass is 16.5. The summed E-state index contributed by atoms with van der Waals surface area (Å²) in [6.45, 7) is 3.14. The maximum atomic E-state index is 12.2. The van der Waals surface area contributed by atoms with Gasteiger partial charge in [0, 0.05) is 49.7 Å². The first-order valence-corrected chi connectivity index (χ1v) is 8.50. The third-order valence-electron chi connectivity index (χ3n) is 3.89. The maximum absolute atomic E-state index is 12.2. The van der Waals surface area contributed by atoms with E-state index in [1.807, 2.05) is 6.92 Å². The van der Waals surface area contributed by atoms with Crippen LogP contribution in [-0.2, 0) is 4.79 Å². The number of ether oxygens (including phenoxy) is 1. The Bertz CT molecular complexity index is 768. The smallest absolute Gasteiger partial charge is 0.321 e. The van der Waals surface area contributed by atoms with Gasteiger partial charge < -0.3 is 20.3 Å². The second-order valence-electron chi connectivity index (χ2n) is 6.10. The molecule has 1 saturated heterocycles. The summed E-state index contributed by atoms with van der Waals surface area (Å²) in [5, 5.41) is 5.60. The Balaban J connectivity index is 1.52. The lowest BCUT2D eigenvalue weighted by molar-refractivity contribution is -0.127. The summed E-state index contributed by atoms with van der Waals surface area (Å²) >= 11 is 0. The molecule has 1 aromatic carbocycles. The van der Waals surface area contributed by atoms with E-state index >= 15 is 0 Å². The van der Waals surface area contributed by atoms with Crippen molar-refractivity contribution in [3.63, 3.8) is 0 Å². The van der Waals surface area contributed by atoms with Gasteiger partial charge in [-0.15, -0.1) is 0 Å². The number of hydrogen-bond donors (Lipinski definition) is 2. The van der Waals surface area contributed by atoms with E-state index in [0.717, 1.165) is 13.0 Å². The van der Waals surface area contributed by atoms with E-state index in [-0.39, 0.29) is 24.0 Å². The molecule has 136 valence electrons. The molecule has 2 aromatic rings. The number of amides is 3. The molecule has 1 aliphatic rings. The standard InChI is InChI=1S/C18H21N5O3/c1-13(12-23-10-3-7-16(23)24)21-17(25)22-14-5-2-6-15(11-14)26-18-19-8-4-9-20-18/h2,4-6,8-9,11,13H,3,7,10,12H2,1H3,(H2,21,22,25)/t13-/m1/s1. The van der Waals surface area contributed by atoms with Crippen LogP contribution < -0.4 is 15.4 Å². The number of carbonyl (C=O) groups is 2. The third kappa shape index (κ3) is 4.92. The van der Waals surface area contributed by atoms with Crippen LogP contribution in [0.15, 0.2) is 42.7 Å². The third-order valence-corrected chi connectivity index (χ3v) is 3.89. The minimum atomic E-state index is -0.336. The van der Waals surface area contributed by atoms with Crippen LogP contribution in [0.25, 0.3) is 0 Å². The first kappa shape index (κ1) is 17.7. The lowest BCUT2D eigenvalue weighted by atomic mass is 10.3. The van der Waals surface area contributed by atoms with Crippen LogP contribution in [0.1, 0.15) is 19.8 Å².